The molecule has 4 heteroatoms. The fourth-order valence-corrected chi connectivity index (χ4v) is 5.93. The SMILES string of the molecule is COc1ccccc1CC(=O)C1NCC2(CO)Cc3ccccc3C(c3ccccc3)C12. The van der Waals surface area contributed by atoms with E-state index in [0.717, 1.165) is 17.7 Å². The Hall–Kier alpha value is -2.95. The van der Waals surface area contributed by atoms with E-state index in [1.54, 1.807) is 7.11 Å². The minimum absolute atomic E-state index is 0.0213. The summed E-state index contributed by atoms with van der Waals surface area (Å²) in [6.45, 7) is 0.689. The number of carbonyl (C=O) groups excluding carboxylic acids is 1. The molecule has 0 amide bonds. The number of ether oxygens (including phenoxy) is 1. The molecule has 1 fully saturated rings. The van der Waals surface area contributed by atoms with Crippen LogP contribution in [0.25, 0.3) is 0 Å². The number of methoxy groups -OCH3 is 1. The number of carbonyl (C=O) groups is 1. The van der Waals surface area contributed by atoms with Gasteiger partial charge in [0.15, 0.2) is 5.78 Å². The molecular formula is C28H29NO3. The van der Waals surface area contributed by atoms with Crippen molar-refractivity contribution in [3.63, 3.8) is 0 Å². The van der Waals surface area contributed by atoms with Crippen LogP contribution in [0.3, 0.4) is 0 Å². The van der Waals surface area contributed by atoms with Crippen LogP contribution >= 0.6 is 0 Å². The van der Waals surface area contributed by atoms with Gasteiger partial charge in [-0.1, -0.05) is 72.8 Å². The van der Waals surface area contributed by atoms with Gasteiger partial charge in [0, 0.05) is 35.8 Å². The highest BCUT2D eigenvalue weighted by atomic mass is 16.5. The summed E-state index contributed by atoms with van der Waals surface area (Å²) in [5.74, 6) is 0.915. The number of benzene rings is 3. The molecular weight excluding hydrogens is 398 g/mol. The molecule has 4 nitrogen and oxygen atoms in total. The smallest absolute Gasteiger partial charge is 0.154 e. The van der Waals surface area contributed by atoms with Crippen LogP contribution in [-0.2, 0) is 17.6 Å². The number of rotatable bonds is 6. The van der Waals surface area contributed by atoms with E-state index in [1.807, 2.05) is 30.3 Å². The first-order valence-corrected chi connectivity index (χ1v) is 11.3. The molecule has 4 atom stereocenters. The zero-order valence-corrected chi connectivity index (χ0v) is 18.3. The maximum Gasteiger partial charge on any atom is 0.154 e. The summed E-state index contributed by atoms with van der Waals surface area (Å²) in [7, 11) is 1.64. The second-order valence-electron chi connectivity index (χ2n) is 9.12. The summed E-state index contributed by atoms with van der Waals surface area (Å²) in [5.41, 5.74) is 4.27. The predicted octanol–water partition coefficient (Wildman–Crippen LogP) is 3.76. The van der Waals surface area contributed by atoms with Gasteiger partial charge in [-0.25, -0.2) is 0 Å². The van der Waals surface area contributed by atoms with Crippen LogP contribution in [0.4, 0.5) is 0 Å². The van der Waals surface area contributed by atoms with Crippen molar-refractivity contribution < 1.29 is 14.6 Å². The number of fused-ring (bicyclic) bond motifs is 2. The lowest BCUT2D eigenvalue weighted by Crippen LogP contribution is -2.47. The Balaban J connectivity index is 1.57. The average molecular weight is 428 g/mol. The highest BCUT2D eigenvalue weighted by molar-refractivity contribution is 5.88. The molecule has 3 aromatic carbocycles. The minimum atomic E-state index is -0.365. The number of Topliss-reactive ketones (excluding diaryl/α,β-unsaturated/α-hetero) is 1. The van der Waals surface area contributed by atoms with E-state index < -0.39 is 0 Å². The van der Waals surface area contributed by atoms with Crippen molar-refractivity contribution in [1.82, 2.24) is 5.32 Å². The third-order valence-corrected chi connectivity index (χ3v) is 7.41. The molecule has 0 bridgehead atoms. The van der Waals surface area contributed by atoms with Gasteiger partial charge >= 0.3 is 0 Å². The first-order valence-electron chi connectivity index (χ1n) is 11.3. The minimum Gasteiger partial charge on any atom is -0.496 e. The van der Waals surface area contributed by atoms with Crippen molar-refractivity contribution in [2.45, 2.75) is 24.8 Å². The van der Waals surface area contributed by atoms with Crippen LogP contribution in [0.2, 0.25) is 0 Å². The van der Waals surface area contributed by atoms with Crippen molar-refractivity contribution in [1.29, 1.82) is 0 Å². The Kier molecular flexibility index (Phi) is 5.58. The third kappa shape index (κ3) is 3.44. The van der Waals surface area contributed by atoms with Gasteiger partial charge in [0.05, 0.1) is 19.8 Å². The quantitative estimate of drug-likeness (QED) is 0.629. The topological polar surface area (TPSA) is 58.6 Å². The highest BCUT2D eigenvalue weighted by Crippen LogP contribution is 2.53. The van der Waals surface area contributed by atoms with Gasteiger partial charge in [-0.3, -0.25) is 4.79 Å². The molecule has 0 radical (unpaired) electrons. The lowest BCUT2D eigenvalue weighted by Gasteiger charge is -2.45. The van der Waals surface area contributed by atoms with Crippen molar-refractivity contribution in [2.24, 2.45) is 11.3 Å². The van der Waals surface area contributed by atoms with Crippen molar-refractivity contribution in [3.05, 3.63) is 101 Å². The summed E-state index contributed by atoms with van der Waals surface area (Å²) in [4.78, 5) is 13.7. The van der Waals surface area contributed by atoms with Gasteiger partial charge in [0.1, 0.15) is 5.75 Å². The van der Waals surface area contributed by atoms with Crippen LogP contribution in [0, 0.1) is 11.3 Å². The molecule has 1 aliphatic heterocycles. The second-order valence-corrected chi connectivity index (χ2v) is 9.12. The highest BCUT2D eigenvalue weighted by Gasteiger charge is 2.56. The molecule has 4 unspecified atom stereocenters. The van der Waals surface area contributed by atoms with E-state index in [0.29, 0.717) is 13.0 Å². The number of aliphatic hydroxyl groups excluding tert-OH is 1. The summed E-state index contributed by atoms with van der Waals surface area (Å²) >= 11 is 0. The molecule has 3 aromatic rings. The van der Waals surface area contributed by atoms with E-state index in [2.05, 4.69) is 53.8 Å². The van der Waals surface area contributed by atoms with E-state index in [9.17, 15) is 9.90 Å². The summed E-state index contributed by atoms with van der Waals surface area (Å²) < 4.78 is 5.48. The largest absolute Gasteiger partial charge is 0.496 e. The van der Waals surface area contributed by atoms with Gasteiger partial charge in [-0.05, 0) is 29.2 Å². The molecule has 0 saturated carbocycles. The fraction of sp³-hybridized carbons (Fsp3) is 0.321. The Labute approximate surface area is 189 Å². The number of ketones is 1. The van der Waals surface area contributed by atoms with Crippen LogP contribution in [0.1, 0.15) is 28.2 Å². The standard InChI is InChI=1S/C28H29NO3/c1-32-24-14-8-6-11-20(24)15-23(31)27-26-25(19-9-3-2-4-10-19)22-13-7-5-12-21(22)16-28(26,18-30)17-29-27/h2-14,25-27,29-30H,15-18H2,1H3. The zero-order chi connectivity index (χ0) is 22.1. The summed E-state index contributed by atoms with van der Waals surface area (Å²) in [6, 6.07) is 26.3. The monoisotopic (exact) mass is 427 g/mol. The number of nitrogens with one attached hydrogen (secondary N) is 1. The number of aliphatic hydroxyl groups is 1. The first-order chi connectivity index (χ1) is 15.7. The Morgan fingerprint density at radius 1 is 1.03 bits per heavy atom. The van der Waals surface area contributed by atoms with Crippen molar-refractivity contribution >= 4 is 5.78 Å². The van der Waals surface area contributed by atoms with Crippen LogP contribution in [0.5, 0.6) is 5.75 Å². The molecule has 32 heavy (non-hydrogen) atoms. The molecule has 5 rings (SSSR count). The maximum atomic E-state index is 13.7. The summed E-state index contributed by atoms with van der Waals surface area (Å²) in [6.07, 6.45) is 1.09. The van der Waals surface area contributed by atoms with Crippen LogP contribution in [0.15, 0.2) is 78.9 Å². The predicted molar refractivity (Wildman–Crippen MR) is 125 cm³/mol. The zero-order valence-electron chi connectivity index (χ0n) is 18.3. The lowest BCUT2D eigenvalue weighted by molar-refractivity contribution is -0.121. The van der Waals surface area contributed by atoms with Crippen LogP contribution in [-0.4, -0.2) is 37.2 Å². The maximum absolute atomic E-state index is 13.7. The molecule has 0 spiro atoms. The Morgan fingerprint density at radius 2 is 1.75 bits per heavy atom. The van der Waals surface area contributed by atoms with Gasteiger partial charge < -0.3 is 15.2 Å². The van der Waals surface area contributed by atoms with Gasteiger partial charge in [0.2, 0.25) is 0 Å². The number of hydrogen-bond donors (Lipinski definition) is 2. The van der Waals surface area contributed by atoms with Gasteiger partial charge in [-0.2, -0.15) is 0 Å². The van der Waals surface area contributed by atoms with Crippen LogP contribution < -0.4 is 10.1 Å². The average Bonchev–Trinajstić information content (AvgIpc) is 3.23. The third-order valence-electron chi connectivity index (χ3n) is 7.41. The van der Waals surface area contributed by atoms with E-state index in [1.165, 1.54) is 16.7 Å². The van der Waals surface area contributed by atoms with Gasteiger partial charge in [-0.15, -0.1) is 0 Å². The van der Waals surface area contributed by atoms with E-state index >= 15 is 0 Å². The Morgan fingerprint density at radius 3 is 2.53 bits per heavy atom. The lowest BCUT2D eigenvalue weighted by atomic mass is 9.58. The molecule has 0 aromatic heterocycles. The molecule has 2 N–H and O–H groups in total. The van der Waals surface area contributed by atoms with Crippen molar-refractivity contribution in [2.75, 3.05) is 20.3 Å². The number of para-hydroxylation sites is 1. The normalized spacial score (nSPS) is 26.2. The van der Waals surface area contributed by atoms with Gasteiger partial charge in [0.25, 0.3) is 0 Å². The summed E-state index contributed by atoms with van der Waals surface area (Å²) in [5, 5.41) is 14.2. The number of hydrogen-bond acceptors (Lipinski definition) is 4. The van der Waals surface area contributed by atoms with E-state index in [4.69, 9.17) is 4.74 Å². The second kappa shape index (κ2) is 8.53. The fourth-order valence-electron chi connectivity index (χ4n) is 5.93. The van der Waals surface area contributed by atoms with E-state index in [-0.39, 0.29) is 35.7 Å². The van der Waals surface area contributed by atoms with Crippen molar-refractivity contribution in [3.8, 4) is 5.75 Å². The molecule has 1 heterocycles. The molecule has 1 saturated heterocycles. The Bertz CT molecular complexity index is 1110. The molecule has 1 aliphatic carbocycles. The molecule has 164 valence electrons. The first kappa shape index (κ1) is 20.9. The molecule has 2 aliphatic rings.